The van der Waals surface area contributed by atoms with Gasteiger partial charge in [0.25, 0.3) is 0 Å². The minimum absolute atomic E-state index is 0. The summed E-state index contributed by atoms with van der Waals surface area (Å²) in [5.74, 6) is 0. The second kappa shape index (κ2) is 145. The van der Waals surface area contributed by atoms with E-state index in [1.54, 1.807) is 0 Å². The summed E-state index contributed by atoms with van der Waals surface area (Å²) in [6.45, 7) is 0. The maximum atomic E-state index is 8.46. The zero-order valence-corrected chi connectivity index (χ0v) is 28.7. The van der Waals surface area contributed by atoms with Crippen molar-refractivity contribution < 1.29 is 97.5 Å². The van der Waals surface area contributed by atoms with Crippen LogP contribution in [-0.4, -0.2) is 180 Å². The first-order valence-corrected chi connectivity index (χ1v) is 9.90. The van der Waals surface area contributed by atoms with Crippen LogP contribution >= 0.6 is 0 Å². The van der Waals surface area contributed by atoms with Gasteiger partial charge in [-0.05, 0) is 0 Å². The molecule has 0 rings (SSSR count). The predicted octanol–water partition coefficient (Wildman–Crippen LogP) is -12.6. The SMILES string of the molecule is [Ba+2].[Ce+3].[Mg+2].[O]=[Al][O-].[O]=[Al][O-].[O]=[Al][O-].[O]=[Al][O-].[O]=[Al][O-].[O]=[Al][O-].[O]=[Al][O-]. The Hall–Kier alpha value is 4.64. The van der Waals surface area contributed by atoms with Crippen molar-refractivity contribution in [1.29, 1.82) is 0 Å². The van der Waals surface area contributed by atoms with E-state index in [1.807, 2.05) is 0 Å². The van der Waals surface area contributed by atoms with Crippen molar-refractivity contribution in [2.45, 2.75) is 0 Å². The summed E-state index contributed by atoms with van der Waals surface area (Å²) >= 11 is -12.3. The van der Waals surface area contributed by atoms with Crippen LogP contribution in [0, 0.1) is 41.7 Å². The van der Waals surface area contributed by atoms with E-state index in [0.717, 1.165) is 0 Å². The summed E-state index contributed by atoms with van der Waals surface area (Å²) in [6.07, 6.45) is 0. The van der Waals surface area contributed by atoms with E-state index in [2.05, 4.69) is 0 Å². The van der Waals surface area contributed by atoms with Crippen LogP contribution in [0.25, 0.3) is 0 Å². The Morgan fingerprint density at radius 1 is 0.375 bits per heavy atom. The molecular formula is Al7BaCeMgO14. The van der Waals surface area contributed by atoms with E-state index >= 15 is 0 Å². The Balaban J connectivity index is -0.0000000117. The molecule has 14 nitrogen and oxygen atoms in total. The molecule has 0 amide bonds. The molecule has 1 radical (unpaired) electrons. The van der Waals surface area contributed by atoms with Gasteiger partial charge >= 0.3 is 278 Å². The Bertz CT molecular complexity index is 149. The predicted molar refractivity (Wildman–Crippen MR) is 56.6 cm³/mol. The number of hydrogen-bond donors (Lipinski definition) is 0. The molecule has 0 aliphatic heterocycles. The van der Waals surface area contributed by atoms with Gasteiger partial charge in [-0.15, -0.1) is 0 Å². The molecule has 0 atom stereocenters. The van der Waals surface area contributed by atoms with Crippen molar-refractivity contribution in [3.63, 3.8) is 0 Å². The maximum absolute atomic E-state index is 8.46. The van der Waals surface area contributed by atoms with Gasteiger partial charge in [-0.2, -0.15) is 0 Å². The molecule has 24 heavy (non-hydrogen) atoms. The van der Waals surface area contributed by atoms with E-state index in [-0.39, 0.29) is 114 Å². The van der Waals surface area contributed by atoms with E-state index in [4.69, 9.17) is 55.7 Å². The average Bonchev–Trinajstić information content (AvgIpc) is 2.35. The van der Waals surface area contributed by atoms with Crippen LogP contribution < -0.4 is 29.1 Å². The molecule has 0 aromatic heterocycles. The van der Waals surface area contributed by atoms with Gasteiger partial charge < -0.3 is 0 Å². The molecule has 0 spiro atoms. The quantitative estimate of drug-likeness (QED) is 0.211. The standard InChI is InChI=1S/7Al.Ba.Ce.Mg.14O/q;;;;;;;+2;+3;+2;;;;;;;;7*-1. The van der Waals surface area contributed by atoms with Gasteiger partial charge in [0.05, 0.1) is 0 Å². The van der Waals surface area contributed by atoms with Crippen LogP contribution in [0.15, 0.2) is 0 Å². The molecule has 0 saturated carbocycles. The second-order valence-corrected chi connectivity index (χ2v) is 2.02. The zero-order chi connectivity index (χ0) is 18.9. The molecule has 113 valence electrons. The molecule has 0 aliphatic rings. The molecule has 0 unspecified atom stereocenters. The Labute approximate surface area is 271 Å². The summed E-state index contributed by atoms with van der Waals surface area (Å²) in [5.41, 5.74) is 0. The van der Waals surface area contributed by atoms with Crippen LogP contribution in [0.4, 0.5) is 0 Å². The van der Waals surface area contributed by atoms with Crippen LogP contribution in [0.5, 0.6) is 0 Å². The first-order valence-electron chi connectivity index (χ1n) is 3.30. The molecule has 0 saturated heterocycles. The molecule has 0 aromatic carbocycles. The van der Waals surface area contributed by atoms with E-state index < -0.39 is 108 Å². The van der Waals surface area contributed by atoms with E-state index in [9.17, 15) is 0 Å². The average molecular weight is 715 g/mol. The topological polar surface area (TPSA) is 281 Å². The number of hydrogen-bond acceptors (Lipinski definition) is 14. The van der Waals surface area contributed by atoms with Crippen LogP contribution in [0.1, 0.15) is 0 Å². The molecular weight excluding hydrogens is 715 g/mol. The third-order valence-corrected chi connectivity index (χ3v) is 0. The van der Waals surface area contributed by atoms with Gasteiger partial charge in [0.2, 0.25) is 0 Å². The first kappa shape index (κ1) is 63.0. The zero-order valence-electron chi connectivity index (χ0n) is 11.7. The van der Waals surface area contributed by atoms with Crippen LogP contribution in [-0.2, 0) is 26.6 Å². The van der Waals surface area contributed by atoms with Gasteiger partial charge in [0, 0.05) is 0 Å². The van der Waals surface area contributed by atoms with Crippen molar-refractivity contribution >= 4 is 180 Å². The van der Waals surface area contributed by atoms with Gasteiger partial charge in [0.1, 0.15) is 0 Å². The Morgan fingerprint density at radius 2 is 0.375 bits per heavy atom. The fraction of sp³-hybridized carbons (Fsp3) is 0. The third-order valence-electron chi connectivity index (χ3n) is 0. The molecule has 0 N–H and O–H groups in total. The summed E-state index contributed by atoms with van der Waals surface area (Å²) in [4.78, 5) is 0. The van der Waals surface area contributed by atoms with Gasteiger partial charge in [-0.3, -0.25) is 0 Å². The molecule has 0 aromatic rings. The number of rotatable bonds is 0. The molecule has 0 bridgehead atoms. The summed E-state index contributed by atoms with van der Waals surface area (Å²) in [5, 5.41) is 0. The Morgan fingerprint density at radius 3 is 0.375 bits per heavy atom. The van der Waals surface area contributed by atoms with Crippen molar-refractivity contribution in [3.05, 3.63) is 0 Å². The first-order chi connectivity index (χ1) is 9.90. The molecule has 0 aliphatic carbocycles. The molecule has 0 heterocycles. The van der Waals surface area contributed by atoms with Crippen molar-refractivity contribution in [2.75, 3.05) is 0 Å². The molecule has 0 fully saturated rings. The summed E-state index contributed by atoms with van der Waals surface area (Å²) in [7, 11) is 0. The summed E-state index contributed by atoms with van der Waals surface area (Å²) < 4.78 is 118. The third kappa shape index (κ3) is 813. The Kier molecular flexibility index (Phi) is 380. The van der Waals surface area contributed by atoms with Crippen molar-refractivity contribution in [1.82, 2.24) is 0 Å². The van der Waals surface area contributed by atoms with Crippen LogP contribution in [0.2, 0.25) is 0 Å². The fourth-order valence-electron chi connectivity index (χ4n) is 0. The van der Waals surface area contributed by atoms with Crippen LogP contribution in [0.3, 0.4) is 0 Å². The second-order valence-electron chi connectivity index (χ2n) is 0.674. The van der Waals surface area contributed by atoms with Gasteiger partial charge in [-0.1, -0.05) is 0 Å². The minimum atomic E-state index is -1.75. The van der Waals surface area contributed by atoms with Gasteiger partial charge in [-0.25, -0.2) is 0 Å². The molecule has 24 heteroatoms. The normalized spacial score (nSPS) is 2.33. The van der Waals surface area contributed by atoms with Crippen molar-refractivity contribution in [3.8, 4) is 0 Å². The van der Waals surface area contributed by atoms with Crippen molar-refractivity contribution in [2.24, 2.45) is 0 Å². The fourth-order valence-corrected chi connectivity index (χ4v) is 0. The van der Waals surface area contributed by atoms with E-state index in [1.165, 1.54) is 0 Å². The van der Waals surface area contributed by atoms with Gasteiger partial charge in [0.15, 0.2) is 0 Å². The van der Waals surface area contributed by atoms with E-state index in [0.29, 0.717) is 0 Å². The summed E-state index contributed by atoms with van der Waals surface area (Å²) in [6, 6.07) is 0. The monoisotopic (exact) mass is 715 g/mol.